The summed E-state index contributed by atoms with van der Waals surface area (Å²) >= 11 is 1.06. The minimum Gasteiger partial charge on any atom is -0.497 e. The van der Waals surface area contributed by atoms with Gasteiger partial charge >= 0.3 is 5.63 Å². The second kappa shape index (κ2) is 6.48. The van der Waals surface area contributed by atoms with Crippen molar-refractivity contribution in [2.75, 3.05) is 12.4 Å². The first-order chi connectivity index (χ1) is 11.9. The predicted molar refractivity (Wildman–Crippen MR) is 93.8 cm³/mol. The Morgan fingerprint density at radius 3 is 2.68 bits per heavy atom. The topological polar surface area (TPSA) is 98.5 Å². The van der Waals surface area contributed by atoms with Crippen LogP contribution in [0.2, 0.25) is 0 Å². The van der Waals surface area contributed by atoms with Gasteiger partial charge in [-0.15, -0.1) is 0 Å². The molecule has 0 aliphatic heterocycles. The van der Waals surface area contributed by atoms with Crippen LogP contribution in [-0.2, 0) is 0 Å². The van der Waals surface area contributed by atoms with Crippen molar-refractivity contribution in [1.82, 2.24) is 4.98 Å². The molecule has 1 aromatic carbocycles. The van der Waals surface area contributed by atoms with E-state index < -0.39 is 11.5 Å². The molecule has 128 valence electrons. The Hall–Kier alpha value is -3.00. The molecule has 0 saturated carbocycles. The normalized spacial score (nSPS) is 10.7. The maximum atomic E-state index is 12.4. The Morgan fingerprint density at radius 1 is 1.28 bits per heavy atom. The van der Waals surface area contributed by atoms with E-state index in [-0.39, 0.29) is 16.5 Å². The van der Waals surface area contributed by atoms with E-state index >= 15 is 0 Å². The highest BCUT2D eigenvalue weighted by molar-refractivity contribution is 7.17. The second-order valence-electron chi connectivity index (χ2n) is 5.30. The molecule has 3 aromatic rings. The molecule has 2 heterocycles. The third-order valence-corrected chi connectivity index (χ3v) is 4.69. The van der Waals surface area contributed by atoms with E-state index in [1.165, 1.54) is 20.1 Å². The maximum absolute atomic E-state index is 12.4. The summed E-state index contributed by atoms with van der Waals surface area (Å²) in [5, 5.41) is 3.34. The van der Waals surface area contributed by atoms with E-state index in [4.69, 9.17) is 9.15 Å². The molecule has 8 heteroatoms. The number of methoxy groups -OCH3 is 1. The highest BCUT2D eigenvalue weighted by atomic mass is 32.1. The highest BCUT2D eigenvalue weighted by Crippen LogP contribution is 2.24. The number of Topliss-reactive ketones (excluding diaryl/α,β-unsaturated/α-hetero) is 1. The average molecular weight is 358 g/mol. The molecule has 7 nitrogen and oxygen atoms in total. The summed E-state index contributed by atoms with van der Waals surface area (Å²) in [4.78, 5) is 40.5. The molecule has 0 spiro atoms. The highest BCUT2D eigenvalue weighted by Gasteiger charge is 2.18. The van der Waals surface area contributed by atoms with Crippen LogP contribution in [0.15, 0.2) is 33.5 Å². The van der Waals surface area contributed by atoms with Crippen LogP contribution in [0, 0.1) is 6.92 Å². The number of hydrogen-bond acceptors (Lipinski definition) is 7. The lowest BCUT2D eigenvalue weighted by Crippen LogP contribution is -2.20. The standard InChI is InChI=1S/C17H14N2O5S/c1-8-14(9(2)20)25-17(18-8)19-15(21)12-7-10-6-11(23-3)4-5-13(10)24-16(12)22/h4-7H,1-3H3,(H,18,19,21). The molecular formula is C17H14N2O5S. The van der Waals surface area contributed by atoms with Crippen LogP contribution < -0.4 is 15.7 Å². The van der Waals surface area contributed by atoms with Gasteiger partial charge in [-0.05, 0) is 31.2 Å². The summed E-state index contributed by atoms with van der Waals surface area (Å²) in [5.41, 5.74) is -0.0254. The van der Waals surface area contributed by atoms with Crippen LogP contribution in [0.4, 0.5) is 5.13 Å². The van der Waals surface area contributed by atoms with E-state index in [0.717, 1.165) is 11.3 Å². The van der Waals surface area contributed by atoms with E-state index in [1.54, 1.807) is 25.1 Å². The zero-order chi connectivity index (χ0) is 18.1. The van der Waals surface area contributed by atoms with E-state index in [1.807, 2.05) is 0 Å². The summed E-state index contributed by atoms with van der Waals surface area (Å²) < 4.78 is 10.3. The number of thiazole rings is 1. The maximum Gasteiger partial charge on any atom is 0.349 e. The number of nitrogens with one attached hydrogen (secondary N) is 1. The van der Waals surface area contributed by atoms with E-state index in [2.05, 4.69) is 10.3 Å². The number of aryl methyl sites for hydroxylation is 1. The summed E-state index contributed by atoms with van der Waals surface area (Å²) in [6.07, 6.45) is 0. The minimum atomic E-state index is -0.754. The first-order valence-corrected chi connectivity index (χ1v) is 8.12. The summed E-state index contributed by atoms with van der Waals surface area (Å²) in [6.45, 7) is 3.11. The van der Waals surface area contributed by atoms with Crippen LogP contribution in [0.25, 0.3) is 11.0 Å². The Kier molecular flexibility index (Phi) is 4.37. The fraction of sp³-hybridized carbons (Fsp3) is 0.176. The number of ether oxygens (including phenoxy) is 1. The molecular weight excluding hydrogens is 344 g/mol. The van der Waals surface area contributed by atoms with Crippen LogP contribution >= 0.6 is 11.3 Å². The SMILES string of the molecule is COc1ccc2oc(=O)c(C(=O)Nc3nc(C)c(C(C)=O)s3)cc2c1. The fourth-order valence-electron chi connectivity index (χ4n) is 2.33. The van der Waals surface area contributed by atoms with Crippen molar-refractivity contribution in [3.05, 3.63) is 50.8 Å². The van der Waals surface area contributed by atoms with Gasteiger partial charge in [-0.3, -0.25) is 14.9 Å². The van der Waals surface area contributed by atoms with Gasteiger partial charge in [0.1, 0.15) is 16.9 Å². The molecule has 25 heavy (non-hydrogen) atoms. The number of fused-ring (bicyclic) bond motifs is 1. The minimum absolute atomic E-state index is 0.132. The number of rotatable bonds is 4. The van der Waals surface area contributed by atoms with Crippen molar-refractivity contribution in [3.63, 3.8) is 0 Å². The van der Waals surface area contributed by atoms with Crippen molar-refractivity contribution in [1.29, 1.82) is 0 Å². The number of aromatic nitrogens is 1. The Bertz CT molecular complexity index is 1050. The van der Waals surface area contributed by atoms with Gasteiger partial charge in [0.2, 0.25) is 0 Å². The first kappa shape index (κ1) is 16.8. The number of carbonyl (C=O) groups excluding carboxylic acids is 2. The molecule has 0 radical (unpaired) electrons. The van der Waals surface area contributed by atoms with Gasteiger partial charge in [-0.2, -0.15) is 0 Å². The Balaban J connectivity index is 1.96. The summed E-state index contributed by atoms with van der Waals surface area (Å²) in [7, 11) is 1.52. The molecule has 3 rings (SSSR count). The zero-order valence-electron chi connectivity index (χ0n) is 13.7. The largest absolute Gasteiger partial charge is 0.497 e. The van der Waals surface area contributed by atoms with Crippen molar-refractivity contribution < 1.29 is 18.7 Å². The number of hydrogen-bond donors (Lipinski definition) is 1. The molecule has 0 atom stereocenters. The van der Waals surface area contributed by atoms with Crippen molar-refractivity contribution >= 4 is 39.1 Å². The molecule has 2 aromatic heterocycles. The van der Waals surface area contributed by atoms with Gasteiger partial charge < -0.3 is 9.15 Å². The molecule has 0 aliphatic rings. The molecule has 0 aliphatic carbocycles. The lowest BCUT2D eigenvalue weighted by atomic mass is 10.1. The van der Waals surface area contributed by atoms with E-state index in [9.17, 15) is 14.4 Å². The number of ketones is 1. The summed E-state index contributed by atoms with van der Waals surface area (Å²) in [6, 6.07) is 6.36. The second-order valence-corrected chi connectivity index (χ2v) is 6.29. The molecule has 0 unspecified atom stereocenters. The average Bonchev–Trinajstić information content (AvgIpc) is 2.94. The molecule has 0 fully saturated rings. The van der Waals surface area contributed by atoms with Gasteiger partial charge in [0.05, 0.1) is 17.7 Å². The summed E-state index contributed by atoms with van der Waals surface area (Å²) in [5.74, 6) is -0.204. The first-order valence-electron chi connectivity index (χ1n) is 7.30. The number of anilines is 1. The van der Waals surface area contributed by atoms with Crippen molar-refractivity contribution in [3.8, 4) is 5.75 Å². The van der Waals surface area contributed by atoms with Gasteiger partial charge in [0.25, 0.3) is 5.91 Å². The smallest absolute Gasteiger partial charge is 0.349 e. The van der Waals surface area contributed by atoms with Crippen molar-refractivity contribution in [2.24, 2.45) is 0 Å². The molecule has 0 bridgehead atoms. The number of benzene rings is 1. The number of carbonyl (C=O) groups is 2. The van der Waals surface area contributed by atoms with Crippen LogP contribution in [0.1, 0.15) is 32.6 Å². The quantitative estimate of drug-likeness (QED) is 0.568. The van der Waals surface area contributed by atoms with Crippen LogP contribution in [0.5, 0.6) is 5.75 Å². The lowest BCUT2D eigenvalue weighted by molar-refractivity contribution is 0.101. The molecule has 0 saturated heterocycles. The Labute approximate surface area is 146 Å². The van der Waals surface area contributed by atoms with Crippen LogP contribution in [0.3, 0.4) is 0 Å². The monoisotopic (exact) mass is 358 g/mol. The van der Waals surface area contributed by atoms with Crippen molar-refractivity contribution in [2.45, 2.75) is 13.8 Å². The van der Waals surface area contributed by atoms with Crippen LogP contribution in [-0.4, -0.2) is 23.8 Å². The zero-order valence-corrected chi connectivity index (χ0v) is 14.5. The molecule has 1 N–H and O–H groups in total. The Morgan fingerprint density at radius 2 is 2.04 bits per heavy atom. The fourth-order valence-corrected chi connectivity index (χ4v) is 3.18. The molecule has 1 amide bonds. The third kappa shape index (κ3) is 3.29. The van der Waals surface area contributed by atoms with Gasteiger partial charge in [0.15, 0.2) is 10.9 Å². The lowest BCUT2D eigenvalue weighted by Gasteiger charge is -2.04. The third-order valence-electron chi connectivity index (χ3n) is 3.52. The van der Waals surface area contributed by atoms with E-state index in [0.29, 0.717) is 27.3 Å². The number of nitrogens with zero attached hydrogens (tertiary/aromatic N) is 1. The van der Waals surface area contributed by atoms with Gasteiger partial charge in [-0.1, -0.05) is 11.3 Å². The predicted octanol–water partition coefficient (Wildman–Crippen LogP) is 3.02. The van der Waals surface area contributed by atoms with Gasteiger partial charge in [-0.25, -0.2) is 9.78 Å². The van der Waals surface area contributed by atoms with Gasteiger partial charge in [0, 0.05) is 12.3 Å². The number of amides is 1.